The van der Waals surface area contributed by atoms with Crippen LogP contribution in [0.1, 0.15) is 18.0 Å². The van der Waals surface area contributed by atoms with Gasteiger partial charge in [-0.3, -0.25) is 0 Å². The van der Waals surface area contributed by atoms with Crippen molar-refractivity contribution in [3.63, 3.8) is 0 Å². The normalized spacial score (nSPS) is 11.9. The molecule has 0 heterocycles. The molecule has 0 aliphatic heterocycles. The predicted octanol–water partition coefficient (Wildman–Crippen LogP) is 1.54. The Morgan fingerprint density at radius 1 is 1.40 bits per heavy atom. The van der Waals surface area contributed by atoms with Crippen LogP contribution in [0.5, 0.6) is 5.75 Å². The van der Waals surface area contributed by atoms with Crippen LogP contribution in [-0.4, -0.2) is 16.8 Å². The summed E-state index contributed by atoms with van der Waals surface area (Å²) in [6.45, 7) is -0.0259. The lowest BCUT2D eigenvalue weighted by Gasteiger charge is -2.15. The van der Waals surface area contributed by atoms with Crippen LogP contribution in [0.4, 0.5) is 5.69 Å². The molecule has 6 heteroatoms. The fourth-order valence-corrected chi connectivity index (χ4v) is 1.85. The van der Waals surface area contributed by atoms with Gasteiger partial charge in [0.15, 0.2) is 0 Å². The molecule has 0 amide bonds. The minimum Gasteiger partial charge on any atom is -0.505 e. The fraction of sp³-hybridized carbons (Fsp3) is 0.333. The number of phenolic OH excluding ortho intramolecular Hbond substituents is 1. The van der Waals surface area contributed by atoms with Crippen molar-refractivity contribution < 1.29 is 10.2 Å². The van der Waals surface area contributed by atoms with Crippen molar-refractivity contribution in [2.24, 2.45) is 5.73 Å². The van der Waals surface area contributed by atoms with Crippen LogP contribution < -0.4 is 11.5 Å². The highest BCUT2D eigenvalue weighted by Gasteiger charge is 2.16. The smallest absolute Gasteiger partial charge is 0.144 e. The molecule has 86 valence electrons. The molecule has 1 rings (SSSR count). The molecule has 1 aromatic rings. The number of benzene rings is 1. The highest BCUT2D eigenvalue weighted by molar-refractivity contribution is 9.10. The Morgan fingerprint density at radius 3 is 2.53 bits per heavy atom. The van der Waals surface area contributed by atoms with Gasteiger partial charge in [0.25, 0.3) is 0 Å². The van der Waals surface area contributed by atoms with Gasteiger partial charge in [0, 0.05) is 22.7 Å². The van der Waals surface area contributed by atoms with Crippen LogP contribution in [0.25, 0.3) is 0 Å². The molecule has 0 saturated carbocycles. The van der Waals surface area contributed by atoms with Gasteiger partial charge in [-0.15, -0.1) is 12.4 Å². The lowest BCUT2D eigenvalue weighted by molar-refractivity contribution is 0.275. The number of aliphatic hydroxyl groups is 1. The zero-order valence-electron chi connectivity index (χ0n) is 7.98. The molecule has 0 bridgehead atoms. The first-order valence-electron chi connectivity index (χ1n) is 4.21. The minimum atomic E-state index is -0.419. The van der Waals surface area contributed by atoms with Gasteiger partial charge in [-0.1, -0.05) is 15.9 Å². The first-order chi connectivity index (χ1) is 6.57. The lowest BCUT2D eigenvalue weighted by Crippen LogP contribution is -2.13. The summed E-state index contributed by atoms with van der Waals surface area (Å²) >= 11 is 3.27. The number of nitrogen functional groups attached to an aromatic ring is 1. The SMILES string of the molecule is Cl.Nc1ccc(Br)c([C@H](N)CCO)c1O. The highest BCUT2D eigenvalue weighted by Crippen LogP contribution is 2.36. The summed E-state index contributed by atoms with van der Waals surface area (Å²) in [5.74, 6) is -0.0136. The van der Waals surface area contributed by atoms with E-state index in [-0.39, 0.29) is 30.5 Å². The number of phenols is 1. The van der Waals surface area contributed by atoms with Gasteiger partial charge in [-0.25, -0.2) is 0 Å². The number of aromatic hydroxyl groups is 1. The highest BCUT2D eigenvalue weighted by atomic mass is 79.9. The Kier molecular flexibility index (Phi) is 5.97. The van der Waals surface area contributed by atoms with Gasteiger partial charge >= 0.3 is 0 Å². The third-order valence-electron chi connectivity index (χ3n) is 2.01. The number of nitrogens with two attached hydrogens (primary N) is 2. The molecule has 1 aromatic carbocycles. The van der Waals surface area contributed by atoms with Crippen molar-refractivity contribution in [3.05, 3.63) is 22.2 Å². The third kappa shape index (κ3) is 3.24. The summed E-state index contributed by atoms with van der Waals surface area (Å²) in [5, 5.41) is 18.4. The molecule has 0 aliphatic carbocycles. The van der Waals surface area contributed by atoms with Crippen LogP contribution in [0.2, 0.25) is 0 Å². The third-order valence-corrected chi connectivity index (χ3v) is 2.70. The first kappa shape index (κ1) is 14.5. The average molecular weight is 298 g/mol. The van der Waals surface area contributed by atoms with Gasteiger partial charge in [0.2, 0.25) is 0 Å². The van der Waals surface area contributed by atoms with Crippen LogP contribution in [0, 0.1) is 0 Å². The zero-order valence-corrected chi connectivity index (χ0v) is 10.4. The van der Waals surface area contributed by atoms with Crippen LogP contribution in [0.15, 0.2) is 16.6 Å². The number of anilines is 1. The number of rotatable bonds is 3. The molecule has 0 unspecified atom stereocenters. The second-order valence-electron chi connectivity index (χ2n) is 3.02. The topological polar surface area (TPSA) is 92.5 Å². The van der Waals surface area contributed by atoms with E-state index in [9.17, 15) is 5.11 Å². The Hall–Kier alpha value is -0.490. The molecule has 0 aliphatic rings. The first-order valence-corrected chi connectivity index (χ1v) is 5.00. The molecular weight excluding hydrogens is 283 g/mol. The van der Waals surface area contributed by atoms with E-state index in [1.165, 1.54) is 0 Å². The summed E-state index contributed by atoms with van der Waals surface area (Å²) < 4.78 is 0.699. The van der Waals surface area contributed by atoms with Gasteiger partial charge in [0.05, 0.1) is 5.69 Å². The molecule has 15 heavy (non-hydrogen) atoms. The zero-order chi connectivity index (χ0) is 10.7. The molecule has 6 N–H and O–H groups in total. The average Bonchev–Trinajstić information content (AvgIpc) is 2.13. The van der Waals surface area contributed by atoms with E-state index in [1.54, 1.807) is 12.1 Å². The van der Waals surface area contributed by atoms with Crippen molar-refractivity contribution in [2.45, 2.75) is 12.5 Å². The minimum absolute atomic E-state index is 0. The van der Waals surface area contributed by atoms with Crippen LogP contribution in [0.3, 0.4) is 0 Å². The van der Waals surface area contributed by atoms with Crippen molar-refractivity contribution in [1.29, 1.82) is 0 Å². The summed E-state index contributed by atoms with van der Waals surface area (Å²) in [6, 6.07) is 2.90. The second kappa shape index (κ2) is 6.17. The van der Waals surface area contributed by atoms with Gasteiger partial charge in [-0.05, 0) is 18.6 Å². The number of halogens is 2. The van der Waals surface area contributed by atoms with Crippen molar-refractivity contribution in [1.82, 2.24) is 0 Å². The Bertz CT molecular complexity index is 336. The maximum atomic E-state index is 9.66. The van der Waals surface area contributed by atoms with Gasteiger partial charge in [-0.2, -0.15) is 0 Å². The Balaban J connectivity index is 0.00000196. The van der Waals surface area contributed by atoms with E-state index in [0.717, 1.165) is 0 Å². The van der Waals surface area contributed by atoms with Gasteiger partial charge < -0.3 is 21.7 Å². The lowest BCUT2D eigenvalue weighted by atomic mass is 10.0. The van der Waals surface area contributed by atoms with Crippen molar-refractivity contribution in [3.8, 4) is 5.75 Å². The standard InChI is InChI=1S/C9H13BrN2O2.ClH/c10-5-1-2-7(12)9(14)8(5)6(11)3-4-13;/h1-2,6,13-14H,3-4,11-12H2;1H/t6-;/m1./s1. The molecular formula is C9H14BrClN2O2. The van der Waals surface area contributed by atoms with E-state index in [1.807, 2.05) is 0 Å². The Morgan fingerprint density at radius 2 is 2.00 bits per heavy atom. The molecule has 0 fully saturated rings. The molecule has 0 spiro atoms. The summed E-state index contributed by atoms with van der Waals surface area (Å²) in [7, 11) is 0. The van der Waals surface area contributed by atoms with Crippen molar-refractivity contribution >= 4 is 34.0 Å². The fourth-order valence-electron chi connectivity index (χ4n) is 1.24. The van der Waals surface area contributed by atoms with Gasteiger partial charge in [0.1, 0.15) is 5.75 Å². The molecule has 4 nitrogen and oxygen atoms in total. The van der Waals surface area contributed by atoms with Crippen molar-refractivity contribution in [2.75, 3.05) is 12.3 Å². The Labute approximate surface area is 103 Å². The quantitative estimate of drug-likeness (QED) is 0.503. The van der Waals surface area contributed by atoms with E-state index in [2.05, 4.69) is 15.9 Å². The molecule has 0 saturated heterocycles. The van der Waals surface area contributed by atoms with E-state index < -0.39 is 6.04 Å². The van der Waals surface area contributed by atoms with E-state index in [4.69, 9.17) is 16.6 Å². The molecule has 0 radical (unpaired) electrons. The maximum absolute atomic E-state index is 9.66. The second-order valence-corrected chi connectivity index (χ2v) is 3.87. The van der Waals surface area contributed by atoms with E-state index >= 15 is 0 Å². The number of hydrogen-bond acceptors (Lipinski definition) is 4. The molecule has 1 atom stereocenters. The van der Waals surface area contributed by atoms with E-state index in [0.29, 0.717) is 16.5 Å². The van der Waals surface area contributed by atoms with Crippen LogP contribution in [-0.2, 0) is 0 Å². The summed E-state index contributed by atoms with van der Waals surface area (Å²) in [6.07, 6.45) is 0.385. The summed E-state index contributed by atoms with van der Waals surface area (Å²) in [5.41, 5.74) is 12.1. The summed E-state index contributed by atoms with van der Waals surface area (Å²) in [4.78, 5) is 0. The monoisotopic (exact) mass is 296 g/mol. The molecule has 0 aromatic heterocycles. The maximum Gasteiger partial charge on any atom is 0.144 e. The van der Waals surface area contributed by atoms with Crippen LogP contribution >= 0.6 is 28.3 Å². The number of hydrogen-bond donors (Lipinski definition) is 4. The largest absolute Gasteiger partial charge is 0.505 e. The number of aliphatic hydroxyl groups excluding tert-OH is 1. The predicted molar refractivity (Wildman–Crippen MR) is 66.1 cm³/mol.